The third-order valence-electron chi connectivity index (χ3n) is 2.53. The molecule has 0 aliphatic heterocycles. The van der Waals surface area contributed by atoms with Crippen molar-refractivity contribution in [2.75, 3.05) is 7.11 Å². The first kappa shape index (κ1) is 12.9. The van der Waals surface area contributed by atoms with E-state index in [1.54, 1.807) is 18.4 Å². The number of benzene rings is 1. The summed E-state index contributed by atoms with van der Waals surface area (Å²) in [6.45, 7) is 2.07. The van der Waals surface area contributed by atoms with Crippen molar-refractivity contribution in [2.24, 2.45) is 0 Å². The van der Waals surface area contributed by atoms with Gasteiger partial charge in [0.1, 0.15) is 5.75 Å². The molecule has 0 radical (unpaired) electrons. The van der Waals surface area contributed by atoms with E-state index in [1.807, 2.05) is 24.3 Å². The van der Waals surface area contributed by atoms with Gasteiger partial charge in [0, 0.05) is 4.88 Å². The van der Waals surface area contributed by atoms with Crippen molar-refractivity contribution in [3.05, 3.63) is 50.1 Å². The fourth-order valence-corrected chi connectivity index (χ4v) is 3.46. The maximum atomic E-state index is 6.46. The molecule has 1 unspecified atom stereocenters. The first-order valence-electron chi connectivity index (χ1n) is 5.15. The molecule has 0 amide bonds. The molecule has 1 aromatic carbocycles. The highest BCUT2D eigenvalue weighted by Gasteiger charge is 2.14. The van der Waals surface area contributed by atoms with Crippen LogP contribution < -0.4 is 4.74 Å². The maximum absolute atomic E-state index is 6.46. The number of alkyl halides is 1. The Kier molecular flexibility index (Phi) is 4.13. The number of rotatable bonds is 3. The van der Waals surface area contributed by atoms with Crippen LogP contribution in [-0.2, 0) is 0 Å². The predicted octanol–water partition coefficient (Wildman–Crippen LogP) is 5.16. The van der Waals surface area contributed by atoms with E-state index in [1.165, 1.54) is 5.56 Å². The molecule has 4 heteroatoms. The van der Waals surface area contributed by atoms with Crippen molar-refractivity contribution in [2.45, 2.75) is 12.3 Å². The summed E-state index contributed by atoms with van der Waals surface area (Å²) in [5.41, 5.74) is 2.31. The molecular weight excluding hydrogens is 320 g/mol. The average molecular weight is 332 g/mol. The second-order valence-electron chi connectivity index (χ2n) is 3.74. The van der Waals surface area contributed by atoms with Gasteiger partial charge in [0.2, 0.25) is 0 Å². The van der Waals surface area contributed by atoms with Crippen molar-refractivity contribution in [3.63, 3.8) is 0 Å². The van der Waals surface area contributed by atoms with Crippen LogP contribution >= 0.6 is 38.9 Å². The Morgan fingerprint density at radius 2 is 1.94 bits per heavy atom. The van der Waals surface area contributed by atoms with Gasteiger partial charge in [-0.05, 0) is 52.2 Å². The molecule has 0 N–H and O–H groups in total. The highest BCUT2D eigenvalue weighted by Crippen LogP contribution is 2.38. The summed E-state index contributed by atoms with van der Waals surface area (Å²) < 4.78 is 6.27. The predicted molar refractivity (Wildman–Crippen MR) is 77.4 cm³/mol. The Labute approximate surface area is 119 Å². The van der Waals surface area contributed by atoms with Gasteiger partial charge < -0.3 is 4.74 Å². The van der Waals surface area contributed by atoms with Crippen molar-refractivity contribution in [1.29, 1.82) is 0 Å². The number of hydrogen-bond acceptors (Lipinski definition) is 2. The van der Waals surface area contributed by atoms with Gasteiger partial charge in [0.15, 0.2) is 0 Å². The fourth-order valence-electron chi connectivity index (χ4n) is 1.55. The SMILES string of the molecule is COc1ccc(C(Cl)c2cc(C)c(Br)s2)cc1. The molecule has 2 aromatic rings. The van der Waals surface area contributed by atoms with Crippen LogP contribution in [0.3, 0.4) is 0 Å². The van der Waals surface area contributed by atoms with Crippen LogP contribution in [0, 0.1) is 6.92 Å². The summed E-state index contributed by atoms with van der Waals surface area (Å²) in [5, 5.41) is -0.101. The Morgan fingerprint density at radius 1 is 1.29 bits per heavy atom. The zero-order chi connectivity index (χ0) is 12.4. The molecule has 0 saturated heterocycles. The van der Waals surface area contributed by atoms with Gasteiger partial charge in [-0.25, -0.2) is 0 Å². The molecule has 17 heavy (non-hydrogen) atoms. The molecular formula is C13H12BrClOS. The number of halogens is 2. The largest absolute Gasteiger partial charge is 0.497 e. The summed E-state index contributed by atoms with van der Waals surface area (Å²) in [6, 6.07) is 9.98. The van der Waals surface area contributed by atoms with Crippen LogP contribution in [0.25, 0.3) is 0 Å². The Bertz CT molecular complexity index is 487. The quantitative estimate of drug-likeness (QED) is 0.706. The molecule has 1 nitrogen and oxygen atoms in total. The van der Waals surface area contributed by atoms with E-state index in [-0.39, 0.29) is 5.38 Å². The Balaban J connectivity index is 2.26. The molecule has 0 aliphatic carbocycles. The minimum Gasteiger partial charge on any atom is -0.497 e. The van der Waals surface area contributed by atoms with Crippen molar-refractivity contribution < 1.29 is 4.74 Å². The molecule has 1 atom stereocenters. The lowest BCUT2D eigenvalue weighted by atomic mass is 10.1. The van der Waals surface area contributed by atoms with Crippen LogP contribution in [0.2, 0.25) is 0 Å². The monoisotopic (exact) mass is 330 g/mol. The van der Waals surface area contributed by atoms with E-state index in [0.717, 1.165) is 20.0 Å². The summed E-state index contributed by atoms with van der Waals surface area (Å²) in [4.78, 5) is 1.15. The van der Waals surface area contributed by atoms with Crippen LogP contribution in [0.4, 0.5) is 0 Å². The van der Waals surface area contributed by atoms with Gasteiger partial charge in [-0.3, -0.25) is 0 Å². The van der Waals surface area contributed by atoms with E-state index in [2.05, 4.69) is 28.9 Å². The lowest BCUT2D eigenvalue weighted by Crippen LogP contribution is -1.90. The van der Waals surface area contributed by atoms with Gasteiger partial charge in [-0.15, -0.1) is 22.9 Å². The number of hydrogen-bond donors (Lipinski definition) is 0. The van der Waals surface area contributed by atoms with Crippen LogP contribution in [0.15, 0.2) is 34.1 Å². The number of thiophene rings is 1. The van der Waals surface area contributed by atoms with Crippen LogP contribution in [-0.4, -0.2) is 7.11 Å². The summed E-state index contributed by atoms with van der Waals surface area (Å²) in [6.07, 6.45) is 0. The van der Waals surface area contributed by atoms with Crippen LogP contribution in [0.5, 0.6) is 5.75 Å². The van der Waals surface area contributed by atoms with Gasteiger partial charge >= 0.3 is 0 Å². The third-order valence-corrected chi connectivity index (χ3v) is 5.35. The minimum absolute atomic E-state index is 0.101. The highest BCUT2D eigenvalue weighted by atomic mass is 79.9. The fraction of sp³-hybridized carbons (Fsp3) is 0.231. The van der Waals surface area contributed by atoms with E-state index in [9.17, 15) is 0 Å². The topological polar surface area (TPSA) is 9.23 Å². The smallest absolute Gasteiger partial charge is 0.118 e. The maximum Gasteiger partial charge on any atom is 0.118 e. The standard InChI is InChI=1S/C13H12BrClOS/c1-8-7-11(17-13(8)14)12(15)9-3-5-10(16-2)6-4-9/h3-7,12H,1-2H3. The zero-order valence-corrected chi connectivity index (χ0v) is 12.7. The van der Waals surface area contributed by atoms with Crippen molar-refractivity contribution in [3.8, 4) is 5.75 Å². The Hall–Kier alpha value is -0.510. The zero-order valence-electron chi connectivity index (χ0n) is 9.54. The molecule has 90 valence electrons. The summed E-state index contributed by atoms with van der Waals surface area (Å²) >= 11 is 11.7. The number of methoxy groups -OCH3 is 1. The lowest BCUT2D eigenvalue weighted by molar-refractivity contribution is 0.414. The van der Waals surface area contributed by atoms with Gasteiger partial charge in [0.05, 0.1) is 16.3 Å². The normalized spacial score (nSPS) is 12.5. The molecule has 1 aromatic heterocycles. The second kappa shape index (κ2) is 5.42. The molecule has 0 fully saturated rings. The van der Waals surface area contributed by atoms with Gasteiger partial charge in [-0.2, -0.15) is 0 Å². The van der Waals surface area contributed by atoms with E-state index < -0.39 is 0 Å². The second-order valence-corrected chi connectivity index (χ2v) is 6.58. The molecule has 0 bridgehead atoms. The summed E-state index contributed by atoms with van der Waals surface area (Å²) in [5.74, 6) is 0.848. The average Bonchev–Trinajstić information content (AvgIpc) is 2.69. The highest BCUT2D eigenvalue weighted by molar-refractivity contribution is 9.11. The Morgan fingerprint density at radius 3 is 2.41 bits per heavy atom. The molecule has 1 heterocycles. The molecule has 0 spiro atoms. The van der Waals surface area contributed by atoms with Gasteiger partial charge in [0.25, 0.3) is 0 Å². The number of aryl methyl sites for hydroxylation is 1. The van der Waals surface area contributed by atoms with Crippen molar-refractivity contribution >= 4 is 38.9 Å². The van der Waals surface area contributed by atoms with Crippen LogP contribution in [0.1, 0.15) is 21.4 Å². The number of ether oxygens (including phenoxy) is 1. The summed E-state index contributed by atoms with van der Waals surface area (Å²) in [7, 11) is 1.66. The minimum atomic E-state index is -0.101. The van der Waals surface area contributed by atoms with E-state index in [4.69, 9.17) is 16.3 Å². The van der Waals surface area contributed by atoms with E-state index in [0.29, 0.717) is 0 Å². The molecule has 0 saturated carbocycles. The molecule has 2 rings (SSSR count). The van der Waals surface area contributed by atoms with Crippen molar-refractivity contribution in [1.82, 2.24) is 0 Å². The first-order valence-corrected chi connectivity index (χ1v) is 7.20. The third kappa shape index (κ3) is 2.84. The lowest BCUT2D eigenvalue weighted by Gasteiger charge is -2.08. The molecule has 0 aliphatic rings. The first-order chi connectivity index (χ1) is 8.11. The van der Waals surface area contributed by atoms with Gasteiger partial charge in [-0.1, -0.05) is 12.1 Å². The van der Waals surface area contributed by atoms with E-state index >= 15 is 0 Å².